The number of unbranched alkanes of at least 4 members (excludes halogenated alkanes) is 20. The second kappa shape index (κ2) is 31.9. The predicted octanol–water partition coefficient (Wildman–Crippen LogP) is 13.2. The van der Waals surface area contributed by atoms with Crippen molar-refractivity contribution in [2.75, 3.05) is 0 Å². The molecule has 4 rings (SSSR count). The molecule has 0 bridgehead atoms. The van der Waals surface area contributed by atoms with E-state index in [4.69, 9.17) is 9.47 Å². The molecular weight excluding hydrogens is 865 g/mol. The number of benzene rings is 4. The van der Waals surface area contributed by atoms with Gasteiger partial charge in [-0.05, 0) is 79.3 Å². The van der Waals surface area contributed by atoms with Gasteiger partial charge in [-0.15, -0.1) is 0 Å². The van der Waals surface area contributed by atoms with Crippen LogP contribution in [-0.2, 0) is 33.1 Å². The Kier molecular flexibility index (Phi) is 28.5. The topological polar surface area (TPSA) is 173 Å². The summed E-state index contributed by atoms with van der Waals surface area (Å²) in [6.07, 6.45) is 29.8. The van der Waals surface area contributed by atoms with Crippen molar-refractivity contribution < 1.29 is 45.6 Å². The minimum absolute atomic E-state index is 0. The van der Waals surface area contributed by atoms with Crippen LogP contribution in [0.4, 0.5) is 0 Å². The maximum Gasteiger partial charge on any atom is 2.00 e. The number of para-hydroxylation sites is 2. The number of hydrogen-bond donors (Lipinski definition) is 2. The van der Waals surface area contributed by atoms with Gasteiger partial charge in [-0.3, -0.25) is 4.55 Å². The van der Waals surface area contributed by atoms with Crippen LogP contribution in [0.15, 0.2) is 94.7 Å². The number of ether oxygens (including phenoxy) is 2. The minimum atomic E-state index is -4.69. The Morgan fingerprint density at radius 2 is 0.841 bits per heavy atom. The average molecular weight is 935 g/mol. The van der Waals surface area contributed by atoms with Crippen molar-refractivity contribution in [1.82, 2.24) is 0 Å². The molecule has 4 aromatic rings. The second-order valence-corrected chi connectivity index (χ2v) is 18.9. The molecule has 0 amide bonds. The van der Waals surface area contributed by atoms with Crippen molar-refractivity contribution in [3.05, 3.63) is 96.1 Å². The average Bonchev–Trinajstić information content (AvgIpc) is 3.24. The van der Waals surface area contributed by atoms with E-state index in [1.165, 1.54) is 164 Å². The molecule has 0 radical (unpaired) electrons. The second-order valence-electron chi connectivity index (χ2n) is 16.2. The van der Waals surface area contributed by atoms with Crippen molar-refractivity contribution in [3.63, 3.8) is 0 Å². The van der Waals surface area contributed by atoms with Gasteiger partial charge in [0.05, 0.1) is 4.90 Å². The zero-order valence-electron chi connectivity index (χ0n) is 37.7. The van der Waals surface area contributed by atoms with E-state index in [9.17, 15) is 36.2 Å². The fourth-order valence-electron chi connectivity index (χ4n) is 7.30. The van der Waals surface area contributed by atoms with Crippen LogP contribution in [-0.4, -0.2) is 68.8 Å². The first kappa shape index (κ1) is 56.3. The Hall–Kier alpha value is -2.84. The summed E-state index contributed by atoms with van der Waals surface area (Å²) < 4.78 is 77.8. The molecule has 0 spiro atoms. The largest absolute Gasteiger partial charge is 2.00 e. The van der Waals surface area contributed by atoms with E-state index in [0.717, 1.165) is 43.2 Å². The van der Waals surface area contributed by atoms with Crippen LogP contribution in [0, 0.1) is 0 Å². The third-order valence-electron chi connectivity index (χ3n) is 10.9. The fourth-order valence-corrected chi connectivity index (χ4v) is 8.51. The molecule has 344 valence electrons. The van der Waals surface area contributed by atoms with E-state index in [1.807, 2.05) is 6.07 Å². The summed E-state index contributed by atoms with van der Waals surface area (Å²) in [4.78, 5) is -0.796. The number of rotatable bonds is 30. The first-order valence-electron chi connectivity index (χ1n) is 22.9. The summed E-state index contributed by atoms with van der Waals surface area (Å²) in [5, 5.41) is 22.3. The molecule has 0 heterocycles. The van der Waals surface area contributed by atoms with Crippen LogP contribution < -0.4 is 14.6 Å². The Labute approximate surface area is 408 Å². The third kappa shape index (κ3) is 23.3. The van der Waals surface area contributed by atoms with Crippen LogP contribution in [0.3, 0.4) is 0 Å². The molecule has 4 aromatic carbocycles. The van der Waals surface area contributed by atoms with Crippen molar-refractivity contribution in [2.45, 2.75) is 178 Å². The molecule has 0 atom stereocenters. The number of hydrogen-bond acceptors (Lipinski definition) is 9. The van der Waals surface area contributed by atoms with E-state index < -0.39 is 25.1 Å². The van der Waals surface area contributed by atoms with Crippen molar-refractivity contribution in [2.24, 2.45) is 0 Å². The van der Waals surface area contributed by atoms with E-state index in [-0.39, 0.29) is 77.1 Å². The zero-order chi connectivity index (χ0) is 45.1. The monoisotopic (exact) mass is 934 g/mol. The Morgan fingerprint density at radius 3 is 1.29 bits per heavy atom. The Balaban J connectivity index is 0.000000427. The van der Waals surface area contributed by atoms with Crippen LogP contribution in [0.25, 0.3) is 0 Å². The SMILES string of the molecule is CCCCCCCCCCCCCc1ccc(O)c(Oc2ccccc2S(=O)(=O)O)c1.CCCCCCCCCCCCCc1ccc([O-])c(Oc2ccccc2S(=O)(=O)[O-])c1.[Ca+2]. The van der Waals surface area contributed by atoms with Crippen molar-refractivity contribution in [3.8, 4) is 34.5 Å². The molecule has 0 aliphatic heterocycles. The molecule has 0 fully saturated rings. The van der Waals surface area contributed by atoms with Gasteiger partial charge in [0.15, 0.2) is 11.5 Å². The van der Waals surface area contributed by atoms with Crippen LogP contribution in [0.1, 0.15) is 166 Å². The zero-order valence-corrected chi connectivity index (χ0v) is 41.6. The standard InChI is InChI=1S/2C25H36O5S.Ca/c2*1-2-3-4-5-6-7-8-9-10-11-12-15-21-18-19-22(26)24(20-21)30-23-16-13-14-17-25(23)31(27,28)29;/h2*13-14,16-20,26H,2-12,15H2,1H3,(H,27,28,29);/q;;+2/p-2. The maximum absolute atomic E-state index is 12.1. The Bertz CT molecular complexity index is 1940. The van der Waals surface area contributed by atoms with E-state index >= 15 is 0 Å². The van der Waals surface area contributed by atoms with E-state index in [2.05, 4.69) is 13.8 Å². The third-order valence-corrected chi connectivity index (χ3v) is 12.6. The molecule has 0 aliphatic carbocycles. The van der Waals surface area contributed by atoms with Crippen LogP contribution in [0.5, 0.6) is 34.5 Å². The minimum Gasteiger partial charge on any atom is -0.870 e. The molecule has 0 unspecified atom stereocenters. The summed E-state index contributed by atoms with van der Waals surface area (Å²) in [6.45, 7) is 4.48. The van der Waals surface area contributed by atoms with Gasteiger partial charge in [0.1, 0.15) is 32.3 Å². The molecule has 0 saturated heterocycles. The van der Waals surface area contributed by atoms with Crippen molar-refractivity contribution in [1.29, 1.82) is 0 Å². The molecule has 10 nitrogen and oxygen atoms in total. The first-order chi connectivity index (χ1) is 29.8. The number of phenols is 1. The van der Waals surface area contributed by atoms with Gasteiger partial charge in [-0.2, -0.15) is 8.42 Å². The molecule has 2 N–H and O–H groups in total. The van der Waals surface area contributed by atoms with Gasteiger partial charge in [0.2, 0.25) is 0 Å². The maximum atomic E-state index is 12.1. The van der Waals surface area contributed by atoms with E-state index in [1.54, 1.807) is 36.4 Å². The quantitative estimate of drug-likeness (QED) is 0.0291. The van der Waals surface area contributed by atoms with Crippen LogP contribution in [0.2, 0.25) is 0 Å². The normalized spacial score (nSPS) is 11.4. The summed E-state index contributed by atoms with van der Waals surface area (Å²) in [5.74, 6) is -0.351. The van der Waals surface area contributed by atoms with Gasteiger partial charge >= 0.3 is 37.7 Å². The summed E-state index contributed by atoms with van der Waals surface area (Å²) in [7, 11) is -9.10. The molecule has 63 heavy (non-hydrogen) atoms. The van der Waals surface area contributed by atoms with E-state index in [0.29, 0.717) is 0 Å². The number of aryl methyl sites for hydroxylation is 2. The van der Waals surface area contributed by atoms with Gasteiger partial charge in [0.25, 0.3) is 10.1 Å². The van der Waals surface area contributed by atoms with Crippen molar-refractivity contribution >= 4 is 58.0 Å². The van der Waals surface area contributed by atoms with Gasteiger partial charge < -0.3 is 24.2 Å². The smallest absolute Gasteiger partial charge is 0.870 e. The predicted molar refractivity (Wildman–Crippen MR) is 251 cm³/mol. The number of phenolic OH excluding ortho intramolecular Hbond substituents is 1. The first-order valence-corrected chi connectivity index (χ1v) is 25.8. The molecular formula is C50H70CaO10S2. The van der Waals surface area contributed by atoms with Gasteiger partial charge in [-0.25, -0.2) is 8.42 Å². The van der Waals surface area contributed by atoms with Gasteiger partial charge in [0, 0.05) is 0 Å². The molecule has 0 saturated carbocycles. The van der Waals surface area contributed by atoms with Gasteiger partial charge in [-0.1, -0.05) is 190 Å². The number of aromatic hydroxyl groups is 1. The molecule has 13 heteroatoms. The fraction of sp³-hybridized carbons (Fsp3) is 0.520. The van der Waals surface area contributed by atoms with Crippen LogP contribution >= 0.6 is 0 Å². The summed E-state index contributed by atoms with van der Waals surface area (Å²) >= 11 is 0. The molecule has 0 aliphatic rings. The molecule has 0 aromatic heterocycles. The summed E-state index contributed by atoms with van der Waals surface area (Å²) in [5.41, 5.74) is 1.99. The summed E-state index contributed by atoms with van der Waals surface area (Å²) in [6, 6.07) is 21.4. The Morgan fingerprint density at radius 1 is 0.476 bits per heavy atom.